The molecule has 20 heavy (non-hydrogen) atoms. The summed E-state index contributed by atoms with van der Waals surface area (Å²) < 4.78 is 0. The number of halogens is 1. The number of amides is 1. The van der Waals surface area contributed by atoms with Crippen molar-refractivity contribution in [3.63, 3.8) is 0 Å². The van der Waals surface area contributed by atoms with Crippen molar-refractivity contribution >= 4 is 33.6 Å². The molecule has 1 fully saturated rings. The second kappa shape index (κ2) is 7.51. The summed E-state index contributed by atoms with van der Waals surface area (Å²) in [6.07, 6.45) is 8.36. The number of thioether (sulfide) groups is 1. The molecule has 1 aromatic carbocycles. The molecule has 0 aromatic heterocycles. The molecule has 1 saturated carbocycles. The molecule has 0 aliphatic heterocycles. The summed E-state index contributed by atoms with van der Waals surface area (Å²) in [4.78, 5) is 13.4. The lowest BCUT2D eigenvalue weighted by molar-refractivity contribution is 0.0922. The van der Waals surface area contributed by atoms with Crippen LogP contribution in [-0.2, 0) is 0 Å². The molecule has 2 rings (SSSR count). The van der Waals surface area contributed by atoms with Crippen LogP contribution in [0.25, 0.3) is 0 Å². The molecule has 0 saturated heterocycles. The summed E-state index contributed by atoms with van der Waals surface area (Å²) in [5.41, 5.74) is 1.01. The molecule has 2 nitrogen and oxygen atoms in total. The van der Waals surface area contributed by atoms with Gasteiger partial charge in [0, 0.05) is 22.3 Å². The smallest absolute Gasteiger partial charge is 0.251 e. The van der Waals surface area contributed by atoms with E-state index in [1.54, 1.807) is 11.8 Å². The molecule has 0 unspecified atom stereocenters. The van der Waals surface area contributed by atoms with Gasteiger partial charge in [-0.2, -0.15) is 0 Å². The van der Waals surface area contributed by atoms with E-state index >= 15 is 0 Å². The van der Waals surface area contributed by atoms with Crippen LogP contribution in [0.15, 0.2) is 29.2 Å². The monoisotopic (exact) mass is 355 g/mol. The van der Waals surface area contributed by atoms with E-state index in [4.69, 9.17) is 0 Å². The van der Waals surface area contributed by atoms with E-state index < -0.39 is 0 Å². The fourth-order valence-corrected chi connectivity index (χ4v) is 3.94. The zero-order chi connectivity index (χ0) is 14.4. The lowest BCUT2D eigenvalue weighted by Crippen LogP contribution is -2.40. The minimum absolute atomic E-state index is 0.0450. The van der Waals surface area contributed by atoms with Gasteiger partial charge in [-0.1, -0.05) is 35.2 Å². The van der Waals surface area contributed by atoms with Gasteiger partial charge in [0.2, 0.25) is 0 Å². The lowest BCUT2D eigenvalue weighted by atomic mass is 9.75. The first-order valence-electron chi connectivity index (χ1n) is 7.17. The van der Waals surface area contributed by atoms with Crippen LogP contribution in [0.4, 0.5) is 0 Å². The van der Waals surface area contributed by atoms with Crippen LogP contribution in [0.1, 0.15) is 42.5 Å². The Labute approximate surface area is 134 Å². The maximum atomic E-state index is 12.2. The summed E-state index contributed by atoms with van der Waals surface area (Å²) in [6.45, 7) is 0.779. The van der Waals surface area contributed by atoms with E-state index in [1.807, 2.05) is 30.5 Å². The number of alkyl halides is 1. The Morgan fingerprint density at radius 1 is 1.25 bits per heavy atom. The Morgan fingerprint density at radius 2 is 1.90 bits per heavy atom. The topological polar surface area (TPSA) is 29.1 Å². The van der Waals surface area contributed by atoms with Crippen molar-refractivity contribution in [2.75, 3.05) is 18.1 Å². The van der Waals surface area contributed by atoms with Crippen LogP contribution in [-0.4, -0.2) is 24.0 Å². The van der Waals surface area contributed by atoms with Gasteiger partial charge >= 0.3 is 0 Å². The summed E-state index contributed by atoms with van der Waals surface area (Å²) in [5, 5.41) is 4.10. The number of carbonyl (C=O) groups excluding carboxylic acids is 1. The molecule has 1 aliphatic carbocycles. The Balaban J connectivity index is 1.93. The molecule has 1 N–H and O–H groups in total. The zero-order valence-corrected chi connectivity index (χ0v) is 14.4. The highest BCUT2D eigenvalue weighted by Gasteiger charge is 2.31. The highest BCUT2D eigenvalue weighted by Crippen LogP contribution is 2.37. The maximum Gasteiger partial charge on any atom is 0.251 e. The Hall–Kier alpha value is -0.480. The second-order valence-electron chi connectivity index (χ2n) is 5.61. The minimum Gasteiger partial charge on any atom is -0.351 e. The third-order valence-corrected chi connectivity index (χ3v) is 6.11. The Kier molecular flexibility index (Phi) is 5.97. The largest absolute Gasteiger partial charge is 0.351 e. The normalized spacial score (nSPS) is 17.7. The van der Waals surface area contributed by atoms with E-state index in [1.165, 1.54) is 37.0 Å². The Morgan fingerprint density at radius 3 is 2.45 bits per heavy atom. The number of hydrogen-bond acceptors (Lipinski definition) is 2. The first kappa shape index (κ1) is 15.9. The summed E-state index contributed by atoms with van der Waals surface area (Å²) in [7, 11) is 0. The van der Waals surface area contributed by atoms with Gasteiger partial charge in [-0.25, -0.2) is 0 Å². The predicted octanol–water partition coefficient (Wildman–Crippen LogP) is 4.48. The highest BCUT2D eigenvalue weighted by molar-refractivity contribution is 9.09. The molecule has 0 radical (unpaired) electrons. The van der Waals surface area contributed by atoms with Crippen LogP contribution in [0.3, 0.4) is 0 Å². The molecule has 4 heteroatoms. The van der Waals surface area contributed by atoms with Gasteiger partial charge in [0.05, 0.1) is 0 Å². The van der Waals surface area contributed by atoms with Crippen LogP contribution in [0.2, 0.25) is 0 Å². The third kappa shape index (κ3) is 4.01. The number of hydrogen-bond donors (Lipinski definition) is 1. The fourth-order valence-electron chi connectivity index (χ4n) is 2.77. The summed E-state index contributed by atoms with van der Waals surface area (Å²) >= 11 is 5.33. The van der Waals surface area contributed by atoms with Crippen molar-refractivity contribution in [3.8, 4) is 0 Å². The van der Waals surface area contributed by atoms with Crippen molar-refractivity contribution in [2.24, 2.45) is 5.41 Å². The number of nitrogens with one attached hydrogen (secondary N) is 1. The molecule has 0 atom stereocenters. The molecule has 1 aromatic rings. The first-order valence-corrected chi connectivity index (χ1v) is 9.52. The van der Waals surface area contributed by atoms with Crippen LogP contribution < -0.4 is 5.32 Å². The summed E-state index contributed by atoms with van der Waals surface area (Å²) in [5.74, 6) is 0.0450. The summed E-state index contributed by atoms with van der Waals surface area (Å²) in [6, 6.07) is 7.81. The SMILES string of the molecule is CSc1ccc(C(=O)NCC2(CBr)CCCCC2)cc1. The van der Waals surface area contributed by atoms with Gasteiger partial charge in [-0.15, -0.1) is 11.8 Å². The average Bonchev–Trinajstić information content (AvgIpc) is 2.53. The lowest BCUT2D eigenvalue weighted by Gasteiger charge is -2.35. The average molecular weight is 356 g/mol. The first-order chi connectivity index (χ1) is 9.69. The van der Waals surface area contributed by atoms with Crippen LogP contribution in [0.5, 0.6) is 0 Å². The molecule has 0 heterocycles. The van der Waals surface area contributed by atoms with Crippen molar-refractivity contribution in [1.29, 1.82) is 0 Å². The molecule has 0 spiro atoms. The zero-order valence-electron chi connectivity index (χ0n) is 12.0. The number of carbonyl (C=O) groups is 1. The van der Waals surface area contributed by atoms with E-state index in [2.05, 4.69) is 21.2 Å². The number of benzene rings is 1. The highest BCUT2D eigenvalue weighted by atomic mass is 79.9. The minimum atomic E-state index is 0.0450. The van der Waals surface area contributed by atoms with Crippen molar-refractivity contribution in [1.82, 2.24) is 5.32 Å². The van der Waals surface area contributed by atoms with E-state index in [-0.39, 0.29) is 11.3 Å². The van der Waals surface area contributed by atoms with Crippen molar-refractivity contribution in [2.45, 2.75) is 37.0 Å². The van der Waals surface area contributed by atoms with Gasteiger partial charge in [-0.3, -0.25) is 4.79 Å². The van der Waals surface area contributed by atoms with Gasteiger partial charge in [0.25, 0.3) is 5.91 Å². The van der Waals surface area contributed by atoms with E-state index in [9.17, 15) is 4.79 Å². The molecular formula is C16H22BrNOS. The molecule has 0 bridgehead atoms. The molecule has 110 valence electrons. The van der Waals surface area contributed by atoms with Crippen molar-refractivity contribution in [3.05, 3.63) is 29.8 Å². The van der Waals surface area contributed by atoms with E-state index in [0.29, 0.717) is 0 Å². The third-order valence-electron chi connectivity index (χ3n) is 4.17. The number of rotatable bonds is 5. The predicted molar refractivity (Wildman–Crippen MR) is 89.9 cm³/mol. The quantitative estimate of drug-likeness (QED) is 0.622. The standard InChI is InChI=1S/C16H22BrNOS/c1-20-14-7-5-13(6-8-14)15(19)18-12-16(11-17)9-3-2-4-10-16/h5-8H,2-4,9-12H2,1H3,(H,18,19). The van der Waals surface area contributed by atoms with E-state index in [0.717, 1.165) is 17.4 Å². The molecular weight excluding hydrogens is 334 g/mol. The van der Waals surface area contributed by atoms with Gasteiger partial charge in [0.15, 0.2) is 0 Å². The van der Waals surface area contributed by atoms with Gasteiger partial charge in [-0.05, 0) is 48.8 Å². The Bertz CT molecular complexity index is 440. The van der Waals surface area contributed by atoms with Crippen molar-refractivity contribution < 1.29 is 4.79 Å². The second-order valence-corrected chi connectivity index (χ2v) is 7.05. The van der Waals surface area contributed by atoms with Crippen LogP contribution >= 0.6 is 27.7 Å². The van der Waals surface area contributed by atoms with Gasteiger partial charge in [0.1, 0.15) is 0 Å². The van der Waals surface area contributed by atoms with Gasteiger partial charge < -0.3 is 5.32 Å². The maximum absolute atomic E-state index is 12.2. The molecule has 1 amide bonds. The fraction of sp³-hybridized carbons (Fsp3) is 0.562. The van der Waals surface area contributed by atoms with Crippen LogP contribution in [0, 0.1) is 5.41 Å². The molecule has 1 aliphatic rings.